The molecule has 2 aliphatic rings. The fourth-order valence-electron chi connectivity index (χ4n) is 4.25. The van der Waals surface area contributed by atoms with Gasteiger partial charge in [-0.05, 0) is 19.1 Å². The van der Waals surface area contributed by atoms with E-state index in [2.05, 4.69) is 0 Å². The average molecular weight is 413 g/mol. The van der Waals surface area contributed by atoms with Crippen LogP contribution in [0.5, 0.6) is 11.5 Å². The number of β-lactam (4-membered cyclic amide) rings is 1. The summed E-state index contributed by atoms with van der Waals surface area (Å²) in [5.74, 6) is 0.714. The van der Waals surface area contributed by atoms with Gasteiger partial charge in [-0.25, -0.2) is 0 Å². The zero-order valence-corrected chi connectivity index (χ0v) is 17.4. The first kappa shape index (κ1) is 20.7. The molecule has 1 amide bonds. The maximum Gasteiger partial charge on any atom is 0.231 e. The van der Waals surface area contributed by atoms with Gasteiger partial charge in [-0.3, -0.25) is 4.79 Å². The zero-order valence-electron chi connectivity index (χ0n) is 17.4. The highest BCUT2D eigenvalue weighted by Crippen LogP contribution is 2.40. The molecule has 2 saturated heterocycles. The van der Waals surface area contributed by atoms with Gasteiger partial charge in [0.25, 0.3) is 0 Å². The summed E-state index contributed by atoms with van der Waals surface area (Å²) in [6.45, 7) is 2.36. The highest BCUT2D eigenvalue weighted by atomic mass is 16.7. The quantitative estimate of drug-likeness (QED) is 0.703. The van der Waals surface area contributed by atoms with Crippen LogP contribution in [0.25, 0.3) is 0 Å². The lowest BCUT2D eigenvalue weighted by Gasteiger charge is -2.50. The largest absolute Gasteiger partial charge is 0.497 e. The molecule has 0 spiro atoms. The maximum atomic E-state index is 12.9. The molecule has 160 valence electrons. The van der Waals surface area contributed by atoms with Crippen molar-refractivity contribution in [1.82, 2.24) is 4.90 Å². The molecule has 2 fully saturated rings. The lowest BCUT2D eigenvalue weighted by Crippen LogP contribution is -2.68. The van der Waals surface area contributed by atoms with Crippen LogP contribution in [-0.2, 0) is 20.8 Å². The number of carbonyl (C=O) groups excluding carboxylic acids is 1. The standard InChI is InChI=1S/C23H27NO6/c1-14(25)20-21(19-13-29-23(30-19)15-7-5-4-6-8-15)24(22(20)26)12-16-9-10-17(27-2)11-18(16)28-3/h4-11,14,19-21,23,25H,12-13H2,1-3H3/t14-,19-,20-,21-,23+/m1/s1. The second kappa shape index (κ2) is 8.63. The summed E-state index contributed by atoms with van der Waals surface area (Å²) in [5.41, 5.74) is 1.79. The third kappa shape index (κ3) is 3.76. The van der Waals surface area contributed by atoms with E-state index < -0.39 is 18.3 Å². The third-order valence-electron chi connectivity index (χ3n) is 5.81. The topological polar surface area (TPSA) is 77.5 Å². The van der Waals surface area contributed by atoms with Crippen LogP contribution >= 0.6 is 0 Å². The van der Waals surface area contributed by atoms with E-state index in [1.54, 1.807) is 32.1 Å². The van der Waals surface area contributed by atoms with Crippen molar-refractivity contribution in [2.45, 2.75) is 38.0 Å². The first-order chi connectivity index (χ1) is 14.5. The van der Waals surface area contributed by atoms with Crippen LogP contribution in [0, 0.1) is 5.92 Å². The Morgan fingerprint density at radius 3 is 2.60 bits per heavy atom. The molecule has 30 heavy (non-hydrogen) atoms. The second-order valence-electron chi connectivity index (χ2n) is 7.65. The van der Waals surface area contributed by atoms with Crippen LogP contribution < -0.4 is 9.47 Å². The highest BCUT2D eigenvalue weighted by molar-refractivity contribution is 5.87. The van der Waals surface area contributed by atoms with Gasteiger partial charge < -0.3 is 29.0 Å². The molecule has 7 nitrogen and oxygen atoms in total. The molecule has 5 atom stereocenters. The van der Waals surface area contributed by atoms with Crippen molar-refractivity contribution in [2.75, 3.05) is 20.8 Å². The number of aliphatic hydroxyl groups excluding tert-OH is 1. The van der Waals surface area contributed by atoms with Gasteiger partial charge in [-0.2, -0.15) is 0 Å². The summed E-state index contributed by atoms with van der Waals surface area (Å²) < 4.78 is 22.8. The number of benzene rings is 2. The molecule has 2 aromatic carbocycles. The molecule has 0 unspecified atom stereocenters. The Morgan fingerprint density at radius 2 is 1.93 bits per heavy atom. The van der Waals surface area contributed by atoms with Crippen LogP contribution in [0.3, 0.4) is 0 Å². The zero-order chi connectivity index (χ0) is 21.3. The minimum absolute atomic E-state index is 0.0976. The van der Waals surface area contributed by atoms with Gasteiger partial charge in [0.05, 0.1) is 38.9 Å². The molecule has 1 N–H and O–H groups in total. The Kier molecular flexibility index (Phi) is 5.94. The number of methoxy groups -OCH3 is 2. The highest BCUT2D eigenvalue weighted by Gasteiger charge is 2.55. The Bertz CT molecular complexity index is 887. The first-order valence-electron chi connectivity index (χ1n) is 10.0. The van der Waals surface area contributed by atoms with Crippen LogP contribution in [0.4, 0.5) is 0 Å². The molecule has 2 aromatic rings. The van der Waals surface area contributed by atoms with Gasteiger partial charge >= 0.3 is 0 Å². The number of ether oxygens (including phenoxy) is 4. The summed E-state index contributed by atoms with van der Waals surface area (Å²) in [6.07, 6.45) is -1.56. The van der Waals surface area contributed by atoms with Crippen molar-refractivity contribution in [2.24, 2.45) is 5.92 Å². The second-order valence-corrected chi connectivity index (χ2v) is 7.65. The monoisotopic (exact) mass is 413 g/mol. The van der Waals surface area contributed by atoms with Crippen LogP contribution in [0.1, 0.15) is 24.3 Å². The number of amides is 1. The normalized spacial score (nSPS) is 26.9. The Balaban J connectivity index is 1.54. The summed E-state index contributed by atoms with van der Waals surface area (Å²) in [4.78, 5) is 14.6. The fraction of sp³-hybridized carbons (Fsp3) is 0.435. The van der Waals surface area contributed by atoms with E-state index in [9.17, 15) is 9.90 Å². The number of carbonyl (C=O) groups is 1. The van der Waals surface area contributed by atoms with Gasteiger partial charge in [0, 0.05) is 23.7 Å². The van der Waals surface area contributed by atoms with Crippen LogP contribution in [0.15, 0.2) is 48.5 Å². The molecule has 4 rings (SSSR count). The smallest absolute Gasteiger partial charge is 0.231 e. The van der Waals surface area contributed by atoms with Crippen molar-refractivity contribution in [3.63, 3.8) is 0 Å². The number of likely N-dealkylation sites (tertiary alicyclic amines) is 1. The molecule has 7 heteroatoms. The van der Waals surface area contributed by atoms with E-state index in [1.165, 1.54) is 0 Å². The molecule has 0 aliphatic carbocycles. The van der Waals surface area contributed by atoms with Crippen molar-refractivity contribution in [1.29, 1.82) is 0 Å². The van der Waals surface area contributed by atoms with E-state index in [4.69, 9.17) is 18.9 Å². The Labute approximate surface area is 176 Å². The molecular formula is C23H27NO6. The van der Waals surface area contributed by atoms with Gasteiger partial charge in [0.2, 0.25) is 5.91 Å². The van der Waals surface area contributed by atoms with Crippen molar-refractivity contribution < 1.29 is 28.8 Å². The fourth-order valence-corrected chi connectivity index (χ4v) is 4.25. The molecule has 2 heterocycles. The number of hydrogen-bond donors (Lipinski definition) is 1. The Morgan fingerprint density at radius 1 is 1.17 bits per heavy atom. The molecular weight excluding hydrogens is 386 g/mol. The third-order valence-corrected chi connectivity index (χ3v) is 5.81. The molecule has 0 saturated carbocycles. The van der Waals surface area contributed by atoms with Gasteiger partial charge in [-0.1, -0.05) is 30.3 Å². The predicted molar refractivity (Wildman–Crippen MR) is 109 cm³/mol. The van der Waals surface area contributed by atoms with E-state index in [1.807, 2.05) is 42.5 Å². The summed E-state index contributed by atoms with van der Waals surface area (Å²) >= 11 is 0. The summed E-state index contributed by atoms with van der Waals surface area (Å²) in [7, 11) is 3.18. The number of rotatable bonds is 7. The number of nitrogens with zero attached hydrogens (tertiary/aromatic N) is 1. The molecule has 0 aromatic heterocycles. The van der Waals surface area contributed by atoms with Crippen molar-refractivity contribution >= 4 is 5.91 Å². The SMILES string of the molecule is COc1ccc(CN2C(=O)[C@H]([C@@H](C)O)[C@H]2[C@H]2CO[C@H](c3ccccc3)O2)c(OC)c1. The lowest BCUT2D eigenvalue weighted by molar-refractivity contribution is -0.178. The molecule has 2 aliphatic heterocycles. The predicted octanol–water partition coefficient (Wildman–Crippen LogP) is 2.53. The van der Waals surface area contributed by atoms with Crippen molar-refractivity contribution in [3.8, 4) is 11.5 Å². The molecule has 0 radical (unpaired) electrons. The average Bonchev–Trinajstić information content (AvgIpc) is 3.25. The van der Waals surface area contributed by atoms with Crippen molar-refractivity contribution in [3.05, 3.63) is 59.7 Å². The van der Waals surface area contributed by atoms with Gasteiger partial charge in [-0.15, -0.1) is 0 Å². The van der Waals surface area contributed by atoms with E-state index in [-0.39, 0.29) is 18.1 Å². The maximum absolute atomic E-state index is 12.9. The first-order valence-corrected chi connectivity index (χ1v) is 10.0. The minimum atomic E-state index is -0.768. The lowest BCUT2D eigenvalue weighted by atomic mass is 9.79. The molecule has 0 bridgehead atoms. The van der Waals surface area contributed by atoms with Crippen LogP contribution in [-0.4, -0.2) is 55.0 Å². The van der Waals surface area contributed by atoms with Gasteiger partial charge in [0.15, 0.2) is 6.29 Å². The van der Waals surface area contributed by atoms with Gasteiger partial charge in [0.1, 0.15) is 17.6 Å². The minimum Gasteiger partial charge on any atom is -0.497 e. The Hall–Kier alpha value is -2.61. The summed E-state index contributed by atoms with van der Waals surface area (Å²) in [5, 5.41) is 10.2. The van der Waals surface area contributed by atoms with Crippen LogP contribution in [0.2, 0.25) is 0 Å². The summed E-state index contributed by atoms with van der Waals surface area (Å²) in [6, 6.07) is 14.9. The van der Waals surface area contributed by atoms with E-state index in [0.29, 0.717) is 24.7 Å². The number of aliphatic hydroxyl groups is 1. The van der Waals surface area contributed by atoms with E-state index in [0.717, 1.165) is 11.1 Å². The van der Waals surface area contributed by atoms with E-state index >= 15 is 0 Å². The number of hydrogen-bond acceptors (Lipinski definition) is 6.